The largest absolute Gasteiger partial charge is 0.394 e. The second kappa shape index (κ2) is 8.62. The third kappa shape index (κ3) is 4.23. The van der Waals surface area contributed by atoms with Gasteiger partial charge in [-0.15, -0.1) is 0 Å². The lowest BCUT2D eigenvalue weighted by Gasteiger charge is -2.38. The molecule has 0 spiro atoms. The van der Waals surface area contributed by atoms with Gasteiger partial charge in [-0.2, -0.15) is 0 Å². The van der Waals surface area contributed by atoms with Gasteiger partial charge >= 0.3 is 0 Å². The van der Waals surface area contributed by atoms with Gasteiger partial charge in [0.25, 0.3) is 0 Å². The number of amides is 2. The maximum absolute atomic E-state index is 12.8. The number of carbonyl (C=O) groups is 2. The molecule has 0 radical (unpaired) electrons. The van der Waals surface area contributed by atoms with Gasteiger partial charge in [-0.1, -0.05) is 30.7 Å². The number of ether oxygens (including phenoxy) is 1. The number of nitrogens with one attached hydrogen (secondary N) is 1. The monoisotopic (exact) mass is 386 g/mol. The molecule has 2 N–H and O–H groups in total. The quantitative estimate of drug-likeness (QED) is 0.809. The molecule has 4 rings (SSSR count). The smallest absolute Gasteiger partial charge is 0.225 e. The van der Waals surface area contributed by atoms with Crippen LogP contribution in [0.5, 0.6) is 0 Å². The number of fused-ring (bicyclic) bond motifs is 1. The summed E-state index contributed by atoms with van der Waals surface area (Å²) in [7, 11) is 0. The average Bonchev–Trinajstić information content (AvgIpc) is 2.67. The number of carbonyl (C=O) groups excluding carboxylic acids is 2. The van der Waals surface area contributed by atoms with Crippen molar-refractivity contribution in [3.05, 3.63) is 35.4 Å². The van der Waals surface area contributed by atoms with E-state index in [-0.39, 0.29) is 36.5 Å². The number of benzene rings is 1. The molecule has 1 aliphatic carbocycles. The van der Waals surface area contributed by atoms with Crippen molar-refractivity contribution in [2.45, 2.75) is 69.7 Å². The summed E-state index contributed by atoms with van der Waals surface area (Å²) in [5.74, 6) is 0.313. The molecule has 2 aliphatic heterocycles. The Labute approximate surface area is 166 Å². The van der Waals surface area contributed by atoms with E-state index in [1.165, 1.54) is 11.1 Å². The molecule has 0 bridgehead atoms. The molecular formula is C22H30N2O4. The zero-order valence-electron chi connectivity index (χ0n) is 16.3. The van der Waals surface area contributed by atoms with E-state index >= 15 is 0 Å². The van der Waals surface area contributed by atoms with Gasteiger partial charge in [0.1, 0.15) is 6.10 Å². The Morgan fingerprint density at radius 2 is 1.93 bits per heavy atom. The zero-order valence-corrected chi connectivity index (χ0v) is 16.3. The van der Waals surface area contributed by atoms with E-state index in [1.807, 2.05) is 17.0 Å². The standard InChI is InChI=1S/C22H30N2O4/c25-14-20-19(23-22(27)16-6-3-7-16)9-8-18(28-20)12-21(26)24-11-10-15-4-1-2-5-17(15)13-24/h1-2,4-5,16,18-20,25H,3,6-14H2,(H,23,27)/t18-,19+,20+/m1/s1. The second-order valence-electron chi connectivity index (χ2n) is 8.34. The fraction of sp³-hybridized carbons (Fsp3) is 0.636. The number of nitrogens with zero attached hydrogens (tertiary/aromatic N) is 1. The highest BCUT2D eigenvalue weighted by Crippen LogP contribution is 2.28. The molecule has 28 heavy (non-hydrogen) atoms. The Morgan fingerprint density at radius 1 is 1.14 bits per heavy atom. The summed E-state index contributed by atoms with van der Waals surface area (Å²) in [6.45, 7) is 1.26. The number of hydrogen-bond donors (Lipinski definition) is 2. The number of aliphatic hydroxyl groups excluding tert-OH is 1. The van der Waals surface area contributed by atoms with Crippen LogP contribution in [0.15, 0.2) is 24.3 Å². The van der Waals surface area contributed by atoms with Crippen LogP contribution in [0.3, 0.4) is 0 Å². The van der Waals surface area contributed by atoms with Crippen molar-refractivity contribution in [3.8, 4) is 0 Å². The van der Waals surface area contributed by atoms with Crippen molar-refractivity contribution in [1.29, 1.82) is 0 Å². The van der Waals surface area contributed by atoms with Gasteiger partial charge in [-0.3, -0.25) is 9.59 Å². The first-order chi connectivity index (χ1) is 13.6. The lowest BCUT2D eigenvalue weighted by molar-refractivity contribution is -0.144. The maximum atomic E-state index is 12.8. The van der Waals surface area contributed by atoms with Crippen LogP contribution in [0.4, 0.5) is 0 Å². The van der Waals surface area contributed by atoms with Crippen molar-refractivity contribution in [3.63, 3.8) is 0 Å². The van der Waals surface area contributed by atoms with Crippen LogP contribution in [-0.4, -0.2) is 53.2 Å². The topological polar surface area (TPSA) is 78.9 Å². The predicted octanol–water partition coefficient (Wildman–Crippen LogP) is 1.79. The first kappa shape index (κ1) is 19.4. The number of rotatable bonds is 5. The summed E-state index contributed by atoms with van der Waals surface area (Å²) in [6.07, 6.45) is 5.10. The second-order valence-corrected chi connectivity index (χ2v) is 8.34. The highest BCUT2D eigenvalue weighted by Gasteiger charge is 2.35. The third-order valence-corrected chi connectivity index (χ3v) is 6.48. The van der Waals surface area contributed by atoms with Crippen molar-refractivity contribution < 1.29 is 19.4 Å². The Bertz CT molecular complexity index is 718. The van der Waals surface area contributed by atoms with E-state index < -0.39 is 6.10 Å². The van der Waals surface area contributed by atoms with Gasteiger partial charge in [0, 0.05) is 19.0 Å². The lowest BCUT2D eigenvalue weighted by atomic mass is 9.84. The molecule has 1 saturated heterocycles. The summed E-state index contributed by atoms with van der Waals surface area (Å²) >= 11 is 0. The maximum Gasteiger partial charge on any atom is 0.225 e. The van der Waals surface area contributed by atoms with E-state index in [9.17, 15) is 14.7 Å². The molecular weight excluding hydrogens is 356 g/mol. The summed E-state index contributed by atoms with van der Waals surface area (Å²) in [4.78, 5) is 26.9. The summed E-state index contributed by atoms with van der Waals surface area (Å²) in [5.41, 5.74) is 2.55. The molecule has 1 aromatic carbocycles. The summed E-state index contributed by atoms with van der Waals surface area (Å²) < 4.78 is 6.00. The highest BCUT2D eigenvalue weighted by molar-refractivity contribution is 5.79. The summed E-state index contributed by atoms with van der Waals surface area (Å²) in [6, 6.07) is 8.11. The highest BCUT2D eigenvalue weighted by atomic mass is 16.5. The Morgan fingerprint density at radius 3 is 2.64 bits per heavy atom. The minimum absolute atomic E-state index is 0.0832. The van der Waals surface area contributed by atoms with Gasteiger partial charge in [-0.25, -0.2) is 0 Å². The van der Waals surface area contributed by atoms with Gasteiger partial charge in [0.2, 0.25) is 11.8 Å². The molecule has 2 amide bonds. The first-order valence-electron chi connectivity index (χ1n) is 10.6. The predicted molar refractivity (Wildman–Crippen MR) is 104 cm³/mol. The Balaban J connectivity index is 1.28. The van der Waals surface area contributed by atoms with E-state index in [4.69, 9.17) is 4.74 Å². The van der Waals surface area contributed by atoms with Crippen molar-refractivity contribution >= 4 is 11.8 Å². The number of aliphatic hydroxyl groups is 1. The third-order valence-electron chi connectivity index (χ3n) is 6.48. The molecule has 3 atom stereocenters. The first-order valence-corrected chi connectivity index (χ1v) is 10.6. The van der Waals surface area contributed by atoms with E-state index in [1.54, 1.807) is 0 Å². The molecule has 6 heteroatoms. The molecule has 0 unspecified atom stereocenters. The van der Waals surface area contributed by atoms with Crippen LogP contribution in [-0.2, 0) is 27.3 Å². The molecule has 1 saturated carbocycles. The van der Waals surface area contributed by atoms with E-state index in [0.717, 1.165) is 45.1 Å². The molecule has 2 heterocycles. The van der Waals surface area contributed by atoms with Crippen LogP contribution >= 0.6 is 0 Å². The molecule has 152 valence electrons. The fourth-order valence-electron chi connectivity index (χ4n) is 4.45. The lowest BCUT2D eigenvalue weighted by Crippen LogP contribution is -2.53. The molecule has 3 aliphatic rings. The van der Waals surface area contributed by atoms with Crippen LogP contribution in [0.2, 0.25) is 0 Å². The van der Waals surface area contributed by atoms with Crippen LogP contribution in [0.25, 0.3) is 0 Å². The zero-order chi connectivity index (χ0) is 19.5. The number of hydrogen-bond acceptors (Lipinski definition) is 4. The molecule has 1 aromatic rings. The molecule has 2 fully saturated rings. The minimum Gasteiger partial charge on any atom is -0.394 e. The minimum atomic E-state index is -0.433. The van der Waals surface area contributed by atoms with Gasteiger partial charge in [0.15, 0.2) is 0 Å². The fourth-order valence-corrected chi connectivity index (χ4v) is 4.45. The average molecular weight is 386 g/mol. The van der Waals surface area contributed by atoms with Crippen LogP contribution < -0.4 is 5.32 Å². The van der Waals surface area contributed by atoms with E-state index in [2.05, 4.69) is 17.4 Å². The Kier molecular flexibility index (Phi) is 5.97. The Hall–Kier alpha value is -1.92. The van der Waals surface area contributed by atoms with E-state index in [0.29, 0.717) is 13.0 Å². The van der Waals surface area contributed by atoms with Crippen molar-refractivity contribution in [2.24, 2.45) is 5.92 Å². The van der Waals surface area contributed by atoms with Gasteiger partial charge in [-0.05, 0) is 43.2 Å². The normalized spacial score (nSPS) is 27.6. The van der Waals surface area contributed by atoms with Gasteiger partial charge < -0.3 is 20.1 Å². The van der Waals surface area contributed by atoms with Crippen molar-refractivity contribution in [1.82, 2.24) is 10.2 Å². The van der Waals surface area contributed by atoms with Crippen molar-refractivity contribution in [2.75, 3.05) is 13.2 Å². The SMILES string of the molecule is O=C(N[C@H]1CC[C@H](CC(=O)N2CCc3ccccc3C2)O[C@H]1CO)C1CCC1. The van der Waals surface area contributed by atoms with Gasteiger partial charge in [0.05, 0.1) is 25.2 Å². The molecule has 6 nitrogen and oxygen atoms in total. The van der Waals surface area contributed by atoms with Crippen LogP contribution in [0, 0.1) is 5.92 Å². The van der Waals surface area contributed by atoms with Crippen LogP contribution in [0.1, 0.15) is 49.7 Å². The molecule has 0 aromatic heterocycles. The summed E-state index contributed by atoms with van der Waals surface area (Å²) in [5, 5.41) is 12.8.